The van der Waals surface area contributed by atoms with Crippen LogP contribution in [-0.2, 0) is 5.41 Å². The van der Waals surface area contributed by atoms with Crippen LogP contribution >= 0.6 is 0 Å². The number of carbonyl (C=O) groups is 1. The first-order valence-electron chi connectivity index (χ1n) is 14.4. The van der Waals surface area contributed by atoms with Gasteiger partial charge in [0.05, 0.1) is 23.7 Å². The molecule has 1 fully saturated rings. The third-order valence-electron chi connectivity index (χ3n) is 7.36. The number of fused-ring (bicyclic) bond motifs is 1. The molecule has 13 nitrogen and oxygen atoms in total. The molecule has 4 aromatic rings. The molecule has 0 spiro atoms. The number of piperazine rings is 1. The molecule has 0 unspecified atom stereocenters. The summed E-state index contributed by atoms with van der Waals surface area (Å²) in [6.45, 7) is 10.3. The highest BCUT2D eigenvalue weighted by molar-refractivity contribution is 5.97. The molecule has 13 heteroatoms. The predicted molar refractivity (Wildman–Crippen MR) is 165 cm³/mol. The van der Waals surface area contributed by atoms with Crippen LogP contribution in [0.4, 0.5) is 16.3 Å². The number of benzene rings is 2. The maximum atomic E-state index is 12.5. The lowest BCUT2D eigenvalue weighted by molar-refractivity contribution is 0.0498. The van der Waals surface area contributed by atoms with Gasteiger partial charge < -0.3 is 34.5 Å². The number of methoxy groups -OCH3 is 1. The lowest BCUT2D eigenvalue weighted by Crippen LogP contribution is -2.47. The lowest BCUT2D eigenvalue weighted by atomic mass is 9.93. The van der Waals surface area contributed by atoms with E-state index in [2.05, 4.69) is 32.0 Å². The van der Waals surface area contributed by atoms with E-state index >= 15 is 0 Å². The van der Waals surface area contributed by atoms with Gasteiger partial charge in [-0.15, -0.1) is 0 Å². The molecular formula is C31H39N7O6. The van der Waals surface area contributed by atoms with Crippen LogP contribution in [0.2, 0.25) is 0 Å². The molecule has 5 rings (SSSR count). The minimum absolute atomic E-state index is 0.0854. The van der Waals surface area contributed by atoms with E-state index in [9.17, 15) is 9.90 Å². The number of rotatable bonds is 10. The van der Waals surface area contributed by atoms with Gasteiger partial charge in [-0.3, -0.25) is 4.90 Å². The number of aromatic nitrogens is 3. The molecular weight excluding hydrogens is 566 g/mol. The van der Waals surface area contributed by atoms with E-state index in [1.807, 2.05) is 20.8 Å². The van der Waals surface area contributed by atoms with E-state index in [-0.39, 0.29) is 23.7 Å². The van der Waals surface area contributed by atoms with Crippen molar-refractivity contribution in [1.82, 2.24) is 24.9 Å². The largest absolute Gasteiger partial charge is 0.493 e. The molecule has 3 N–H and O–H groups in total. The molecule has 234 valence electrons. The van der Waals surface area contributed by atoms with Gasteiger partial charge in [0.15, 0.2) is 17.3 Å². The first kappa shape index (κ1) is 31.0. The van der Waals surface area contributed by atoms with Gasteiger partial charge in [0.1, 0.15) is 30.5 Å². The summed E-state index contributed by atoms with van der Waals surface area (Å²) in [5.74, 6) is 2.42. The van der Waals surface area contributed by atoms with E-state index in [0.29, 0.717) is 46.1 Å². The maximum absolute atomic E-state index is 12.5. The number of anilines is 2. The van der Waals surface area contributed by atoms with Gasteiger partial charge in [-0.25, -0.2) is 19.7 Å². The molecule has 1 aliphatic heterocycles. The summed E-state index contributed by atoms with van der Waals surface area (Å²) in [6, 6.07) is 11.2. The van der Waals surface area contributed by atoms with Gasteiger partial charge in [-0.1, -0.05) is 32.0 Å². The summed E-state index contributed by atoms with van der Waals surface area (Å²) in [6.07, 6.45) is 0.710. The Hall–Kier alpha value is -4.46. The van der Waals surface area contributed by atoms with Crippen molar-refractivity contribution < 1.29 is 28.6 Å². The molecule has 1 saturated heterocycles. The number of β-amino-alcohol motifs (C(OH)–C–C–N with tert-alkyl or cyclic N) is 1. The fraction of sp³-hybridized carbons (Fsp3) is 0.419. The monoisotopic (exact) mass is 605 g/mol. The minimum atomic E-state index is -0.730. The van der Waals surface area contributed by atoms with Crippen molar-refractivity contribution in [3.8, 4) is 23.1 Å². The topological polar surface area (TPSA) is 153 Å². The van der Waals surface area contributed by atoms with Crippen LogP contribution in [0.3, 0.4) is 0 Å². The third kappa shape index (κ3) is 7.18. The van der Waals surface area contributed by atoms with Crippen LogP contribution in [-0.4, -0.2) is 95.7 Å². The van der Waals surface area contributed by atoms with Crippen molar-refractivity contribution >= 4 is 28.4 Å². The Morgan fingerprint density at radius 1 is 1.11 bits per heavy atom. The Bertz CT molecular complexity index is 1600. The summed E-state index contributed by atoms with van der Waals surface area (Å²) in [4.78, 5) is 27.0. The smallest absolute Gasteiger partial charge is 0.325 e. The number of hydrogen-bond acceptors (Lipinski definition) is 11. The molecule has 1 aliphatic rings. The molecule has 2 aromatic heterocycles. The van der Waals surface area contributed by atoms with Crippen LogP contribution in [0.25, 0.3) is 10.9 Å². The van der Waals surface area contributed by atoms with Crippen LogP contribution in [0.1, 0.15) is 26.5 Å². The average molecular weight is 606 g/mol. The average Bonchev–Trinajstić information content (AvgIpc) is 3.48. The van der Waals surface area contributed by atoms with Crippen LogP contribution in [0.5, 0.6) is 23.1 Å². The summed E-state index contributed by atoms with van der Waals surface area (Å²) in [5.41, 5.74) is 6.45. The van der Waals surface area contributed by atoms with Gasteiger partial charge in [-0.2, -0.15) is 0 Å². The highest BCUT2D eigenvalue weighted by Gasteiger charge is 2.25. The van der Waals surface area contributed by atoms with E-state index < -0.39 is 12.1 Å². The number of urea groups is 1. The second kappa shape index (κ2) is 13.0. The standard InChI is InChI=1S/C31H39N7O6/c1-31(2,3)27-16-28(35-44-27)38(30(32)40)20-7-6-8-22(13-20)43-29-23-14-26(25(41-5)15-24(23)33-19-34-29)42-18-21(39)17-37-11-9-36(4)10-12-37/h6-8,13-16,19,21,39H,9-12,17-18H2,1-5H3,(H2,32,40)/t21-/m1/s1. The number of amides is 2. The lowest BCUT2D eigenvalue weighted by Gasteiger charge is -2.33. The number of aliphatic hydroxyl groups is 1. The third-order valence-corrected chi connectivity index (χ3v) is 7.36. The van der Waals surface area contributed by atoms with Crippen molar-refractivity contribution in [2.75, 3.05) is 58.4 Å². The fourth-order valence-electron chi connectivity index (χ4n) is 4.86. The van der Waals surface area contributed by atoms with Crippen LogP contribution in [0, 0.1) is 0 Å². The Kier molecular flexibility index (Phi) is 9.18. The number of nitrogens with two attached hydrogens (primary N) is 1. The maximum Gasteiger partial charge on any atom is 0.325 e. The normalized spacial score (nSPS) is 15.2. The summed E-state index contributed by atoms with van der Waals surface area (Å²) in [5, 5.41) is 15.3. The van der Waals surface area contributed by atoms with Crippen molar-refractivity contribution in [1.29, 1.82) is 0 Å². The molecule has 44 heavy (non-hydrogen) atoms. The minimum Gasteiger partial charge on any atom is -0.493 e. The first-order valence-corrected chi connectivity index (χ1v) is 14.4. The van der Waals surface area contributed by atoms with E-state index in [0.717, 1.165) is 26.2 Å². The van der Waals surface area contributed by atoms with Crippen molar-refractivity contribution in [3.05, 3.63) is 54.6 Å². The van der Waals surface area contributed by atoms with Gasteiger partial charge in [0.2, 0.25) is 5.88 Å². The van der Waals surface area contributed by atoms with Crippen molar-refractivity contribution in [2.45, 2.75) is 32.3 Å². The summed E-state index contributed by atoms with van der Waals surface area (Å²) < 4.78 is 23.2. The second-order valence-electron chi connectivity index (χ2n) is 11.8. The zero-order valence-electron chi connectivity index (χ0n) is 25.7. The first-order chi connectivity index (χ1) is 21.0. The Labute approximate surface area is 256 Å². The van der Waals surface area contributed by atoms with Gasteiger partial charge in [0.25, 0.3) is 0 Å². The van der Waals surface area contributed by atoms with Crippen molar-refractivity contribution in [2.24, 2.45) is 5.73 Å². The fourth-order valence-corrected chi connectivity index (χ4v) is 4.86. The van der Waals surface area contributed by atoms with E-state index in [1.165, 1.54) is 11.2 Å². The molecule has 0 radical (unpaired) electrons. The van der Waals surface area contributed by atoms with Gasteiger partial charge in [0, 0.05) is 56.3 Å². The van der Waals surface area contributed by atoms with E-state index in [1.54, 1.807) is 49.6 Å². The summed E-state index contributed by atoms with van der Waals surface area (Å²) >= 11 is 0. The number of aliphatic hydroxyl groups excluding tert-OH is 1. The highest BCUT2D eigenvalue weighted by atomic mass is 16.5. The number of likely N-dealkylation sites (N-methyl/N-ethyl adjacent to an activating group) is 1. The highest BCUT2D eigenvalue weighted by Crippen LogP contribution is 2.37. The number of ether oxygens (including phenoxy) is 3. The zero-order valence-corrected chi connectivity index (χ0v) is 25.7. The Morgan fingerprint density at radius 2 is 1.89 bits per heavy atom. The van der Waals surface area contributed by atoms with Gasteiger partial charge >= 0.3 is 6.03 Å². The second-order valence-corrected chi connectivity index (χ2v) is 11.8. The van der Waals surface area contributed by atoms with Gasteiger partial charge in [-0.05, 0) is 25.2 Å². The molecule has 2 aromatic carbocycles. The summed E-state index contributed by atoms with van der Waals surface area (Å²) in [7, 11) is 3.64. The quantitative estimate of drug-likeness (QED) is 0.270. The number of carbonyl (C=O) groups excluding carboxylic acids is 1. The molecule has 0 aliphatic carbocycles. The van der Waals surface area contributed by atoms with E-state index in [4.69, 9.17) is 24.5 Å². The SMILES string of the molecule is COc1cc2ncnc(Oc3cccc(N(C(N)=O)c4cc(C(C)(C)C)on4)c3)c2cc1OC[C@H](O)CN1CCN(C)CC1. The number of nitrogens with zero attached hydrogens (tertiary/aromatic N) is 6. The van der Waals surface area contributed by atoms with Crippen LogP contribution in [0.15, 0.2) is 53.3 Å². The zero-order chi connectivity index (χ0) is 31.4. The molecule has 1 atom stereocenters. The molecule has 2 amide bonds. The molecule has 0 bridgehead atoms. The Balaban J connectivity index is 1.36. The van der Waals surface area contributed by atoms with Crippen molar-refractivity contribution in [3.63, 3.8) is 0 Å². The molecule has 3 heterocycles. The predicted octanol–water partition coefficient (Wildman–Crippen LogP) is 3.92. The Morgan fingerprint density at radius 3 is 2.57 bits per heavy atom. The van der Waals surface area contributed by atoms with Crippen LogP contribution < -0.4 is 24.8 Å². The number of hydrogen-bond donors (Lipinski definition) is 2. The number of primary amides is 1. The molecule has 0 saturated carbocycles.